The molecule has 116 valence electrons. The standard InChI is InChI=1S/C17H16N4OS/c1-11-3-6-13(7-4-11)10-18-21-17(22)15-9-14(19-20-15)16-8-5-12(2)23-16/h3-10H,1-2H3,(H,19,20)(H,21,22)/b18-10+. The monoisotopic (exact) mass is 324 g/mol. The van der Waals surface area contributed by atoms with E-state index in [1.54, 1.807) is 23.6 Å². The van der Waals surface area contributed by atoms with Gasteiger partial charge in [-0.05, 0) is 37.6 Å². The van der Waals surface area contributed by atoms with Crippen molar-refractivity contribution in [1.29, 1.82) is 0 Å². The Morgan fingerprint density at radius 1 is 1.22 bits per heavy atom. The third-order valence-corrected chi connectivity index (χ3v) is 4.31. The summed E-state index contributed by atoms with van der Waals surface area (Å²) < 4.78 is 0. The maximum Gasteiger partial charge on any atom is 0.291 e. The number of rotatable bonds is 4. The molecule has 0 spiro atoms. The lowest BCUT2D eigenvalue weighted by molar-refractivity contribution is 0.0950. The topological polar surface area (TPSA) is 70.1 Å². The van der Waals surface area contributed by atoms with Crippen molar-refractivity contribution in [3.8, 4) is 10.6 Å². The molecule has 1 amide bonds. The van der Waals surface area contributed by atoms with Gasteiger partial charge in [0, 0.05) is 4.88 Å². The first kappa shape index (κ1) is 15.2. The second-order valence-electron chi connectivity index (χ2n) is 5.19. The Balaban J connectivity index is 1.64. The molecule has 0 unspecified atom stereocenters. The van der Waals surface area contributed by atoms with E-state index in [4.69, 9.17) is 0 Å². The number of aromatic amines is 1. The molecular weight excluding hydrogens is 308 g/mol. The normalized spacial score (nSPS) is 11.0. The number of hydrogen-bond donors (Lipinski definition) is 2. The molecule has 0 fully saturated rings. The van der Waals surface area contributed by atoms with Gasteiger partial charge in [-0.3, -0.25) is 9.89 Å². The molecule has 3 aromatic rings. The fraction of sp³-hybridized carbons (Fsp3) is 0.118. The van der Waals surface area contributed by atoms with E-state index in [0.717, 1.165) is 16.1 Å². The van der Waals surface area contributed by atoms with Crippen molar-refractivity contribution in [3.63, 3.8) is 0 Å². The van der Waals surface area contributed by atoms with Gasteiger partial charge in [0.05, 0.1) is 16.8 Å². The molecule has 5 nitrogen and oxygen atoms in total. The number of aryl methyl sites for hydroxylation is 2. The summed E-state index contributed by atoms with van der Waals surface area (Å²) in [6, 6.07) is 13.6. The summed E-state index contributed by atoms with van der Waals surface area (Å²) in [6.07, 6.45) is 1.60. The summed E-state index contributed by atoms with van der Waals surface area (Å²) in [5.74, 6) is -0.343. The second-order valence-corrected chi connectivity index (χ2v) is 6.47. The Bertz CT molecular complexity index is 846. The number of carbonyl (C=O) groups excluding carboxylic acids is 1. The number of nitrogens with zero attached hydrogens (tertiary/aromatic N) is 2. The predicted molar refractivity (Wildman–Crippen MR) is 92.9 cm³/mol. The number of carbonyl (C=O) groups is 1. The molecule has 3 rings (SSSR count). The molecule has 0 radical (unpaired) electrons. The lowest BCUT2D eigenvalue weighted by Crippen LogP contribution is -2.17. The Labute approximate surface area is 138 Å². The molecule has 23 heavy (non-hydrogen) atoms. The van der Waals surface area contributed by atoms with Crippen molar-refractivity contribution in [2.75, 3.05) is 0 Å². The van der Waals surface area contributed by atoms with Crippen LogP contribution in [0.25, 0.3) is 10.6 Å². The smallest absolute Gasteiger partial charge is 0.276 e. The molecule has 0 atom stereocenters. The summed E-state index contributed by atoms with van der Waals surface area (Å²) in [4.78, 5) is 14.3. The molecule has 0 bridgehead atoms. The van der Waals surface area contributed by atoms with Gasteiger partial charge in [-0.1, -0.05) is 29.8 Å². The van der Waals surface area contributed by atoms with Gasteiger partial charge >= 0.3 is 0 Å². The number of hydrazone groups is 1. The SMILES string of the molecule is Cc1ccc(/C=N/NC(=O)c2cc(-c3ccc(C)s3)[nH]n2)cc1. The Morgan fingerprint density at radius 2 is 2.00 bits per heavy atom. The van der Waals surface area contributed by atoms with Crippen LogP contribution in [-0.4, -0.2) is 22.3 Å². The van der Waals surface area contributed by atoms with E-state index in [1.807, 2.05) is 50.2 Å². The number of amides is 1. The zero-order valence-electron chi connectivity index (χ0n) is 12.8. The average Bonchev–Trinajstić information content (AvgIpc) is 3.18. The second kappa shape index (κ2) is 6.58. The summed E-state index contributed by atoms with van der Waals surface area (Å²) in [5.41, 5.74) is 5.73. The van der Waals surface area contributed by atoms with Crippen LogP contribution in [0.1, 0.15) is 26.5 Å². The Hall–Kier alpha value is -2.73. The van der Waals surface area contributed by atoms with Crippen molar-refractivity contribution in [1.82, 2.24) is 15.6 Å². The summed E-state index contributed by atoms with van der Waals surface area (Å²) >= 11 is 1.65. The van der Waals surface area contributed by atoms with E-state index in [2.05, 4.69) is 20.7 Å². The van der Waals surface area contributed by atoms with E-state index in [-0.39, 0.29) is 5.91 Å². The summed E-state index contributed by atoms with van der Waals surface area (Å²) in [6.45, 7) is 4.06. The highest BCUT2D eigenvalue weighted by Gasteiger charge is 2.11. The minimum absolute atomic E-state index is 0.312. The zero-order valence-corrected chi connectivity index (χ0v) is 13.6. The number of H-pyrrole nitrogens is 1. The van der Waals surface area contributed by atoms with Crippen LogP contribution in [0.15, 0.2) is 47.6 Å². The number of hydrogen-bond acceptors (Lipinski definition) is 4. The van der Waals surface area contributed by atoms with E-state index >= 15 is 0 Å². The number of aromatic nitrogens is 2. The quantitative estimate of drug-likeness (QED) is 0.569. The van der Waals surface area contributed by atoms with Crippen molar-refractivity contribution in [2.45, 2.75) is 13.8 Å². The highest BCUT2D eigenvalue weighted by atomic mass is 32.1. The van der Waals surface area contributed by atoms with Crippen LogP contribution in [0.3, 0.4) is 0 Å². The predicted octanol–water partition coefficient (Wildman–Crippen LogP) is 3.52. The molecule has 2 N–H and O–H groups in total. The molecule has 2 heterocycles. The van der Waals surface area contributed by atoms with Crippen LogP contribution < -0.4 is 5.43 Å². The van der Waals surface area contributed by atoms with E-state index < -0.39 is 0 Å². The molecule has 0 aliphatic carbocycles. The van der Waals surface area contributed by atoms with Gasteiger partial charge in [-0.25, -0.2) is 5.43 Å². The lowest BCUT2D eigenvalue weighted by atomic mass is 10.2. The molecule has 1 aromatic carbocycles. The minimum Gasteiger partial charge on any atom is -0.276 e. The van der Waals surface area contributed by atoms with E-state index in [9.17, 15) is 4.79 Å². The largest absolute Gasteiger partial charge is 0.291 e. The molecule has 0 saturated heterocycles. The molecule has 0 saturated carbocycles. The van der Waals surface area contributed by atoms with Gasteiger partial charge in [-0.15, -0.1) is 11.3 Å². The van der Waals surface area contributed by atoms with Crippen molar-refractivity contribution in [2.24, 2.45) is 5.10 Å². The van der Waals surface area contributed by atoms with Gasteiger partial charge in [0.15, 0.2) is 5.69 Å². The van der Waals surface area contributed by atoms with Crippen LogP contribution in [-0.2, 0) is 0 Å². The molecular formula is C17H16N4OS. The van der Waals surface area contributed by atoms with Crippen molar-refractivity contribution in [3.05, 3.63) is 64.2 Å². The van der Waals surface area contributed by atoms with Crippen LogP contribution in [0, 0.1) is 13.8 Å². The summed E-state index contributed by atoms with van der Waals surface area (Å²) in [5, 5.41) is 10.9. The van der Waals surface area contributed by atoms with Crippen molar-refractivity contribution < 1.29 is 4.79 Å². The highest BCUT2D eigenvalue weighted by Crippen LogP contribution is 2.26. The maximum absolute atomic E-state index is 12.0. The van der Waals surface area contributed by atoms with E-state index in [1.165, 1.54) is 10.4 Å². The van der Waals surface area contributed by atoms with Gasteiger partial charge < -0.3 is 0 Å². The van der Waals surface area contributed by atoms with E-state index in [0.29, 0.717) is 5.69 Å². The van der Waals surface area contributed by atoms with Gasteiger partial charge in [0.1, 0.15) is 0 Å². The first-order valence-corrected chi connectivity index (χ1v) is 7.96. The van der Waals surface area contributed by atoms with Gasteiger partial charge in [0.2, 0.25) is 0 Å². The first-order valence-electron chi connectivity index (χ1n) is 7.14. The molecule has 2 aromatic heterocycles. The Kier molecular flexibility index (Phi) is 4.34. The lowest BCUT2D eigenvalue weighted by Gasteiger charge is -1.96. The highest BCUT2D eigenvalue weighted by molar-refractivity contribution is 7.15. The van der Waals surface area contributed by atoms with Crippen LogP contribution >= 0.6 is 11.3 Å². The Morgan fingerprint density at radius 3 is 2.70 bits per heavy atom. The molecule has 0 aliphatic heterocycles. The number of benzene rings is 1. The zero-order chi connectivity index (χ0) is 16.2. The summed E-state index contributed by atoms with van der Waals surface area (Å²) in [7, 11) is 0. The number of nitrogens with one attached hydrogen (secondary N) is 2. The third kappa shape index (κ3) is 3.73. The minimum atomic E-state index is -0.343. The fourth-order valence-electron chi connectivity index (χ4n) is 2.02. The third-order valence-electron chi connectivity index (χ3n) is 3.27. The van der Waals surface area contributed by atoms with Crippen molar-refractivity contribution >= 4 is 23.5 Å². The van der Waals surface area contributed by atoms with Crippen LogP contribution in [0.2, 0.25) is 0 Å². The number of thiophene rings is 1. The maximum atomic E-state index is 12.0. The first-order chi connectivity index (χ1) is 11.1. The average molecular weight is 324 g/mol. The van der Waals surface area contributed by atoms with Gasteiger partial charge in [0.25, 0.3) is 5.91 Å². The van der Waals surface area contributed by atoms with Crippen LogP contribution in [0.5, 0.6) is 0 Å². The molecule has 6 heteroatoms. The fourth-order valence-corrected chi connectivity index (χ4v) is 2.85. The van der Waals surface area contributed by atoms with Gasteiger partial charge in [-0.2, -0.15) is 10.2 Å². The molecule has 0 aliphatic rings. The van der Waals surface area contributed by atoms with Crippen LogP contribution in [0.4, 0.5) is 0 Å².